The summed E-state index contributed by atoms with van der Waals surface area (Å²) in [6, 6.07) is -1.26. The molecule has 2 N–H and O–H groups in total. The predicted molar refractivity (Wildman–Crippen MR) is 51.0 cm³/mol. The van der Waals surface area contributed by atoms with Crippen molar-refractivity contribution in [2.24, 2.45) is 0 Å². The highest BCUT2D eigenvalue weighted by Crippen LogP contribution is 1.96. The Morgan fingerprint density at radius 1 is 1.53 bits per heavy atom. The number of methoxy groups -OCH3 is 1. The molecule has 0 aromatic heterocycles. The van der Waals surface area contributed by atoms with E-state index in [2.05, 4.69) is 16.6 Å². The SMILES string of the molecule is C=CCC(=O)N[C@@H](CC(=O)OC)C(=O)O. The minimum atomic E-state index is -1.28. The van der Waals surface area contributed by atoms with Crippen LogP contribution in [0.3, 0.4) is 0 Å². The third-order valence-corrected chi connectivity index (χ3v) is 1.56. The van der Waals surface area contributed by atoms with Crippen molar-refractivity contribution < 1.29 is 24.2 Å². The summed E-state index contributed by atoms with van der Waals surface area (Å²) < 4.78 is 4.30. The zero-order valence-corrected chi connectivity index (χ0v) is 8.36. The molecule has 0 fully saturated rings. The van der Waals surface area contributed by atoms with E-state index in [-0.39, 0.29) is 6.42 Å². The highest BCUT2D eigenvalue weighted by atomic mass is 16.5. The lowest BCUT2D eigenvalue weighted by Gasteiger charge is -2.12. The predicted octanol–water partition coefficient (Wildman–Crippen LogP) is -0.305. The number of ether oxygens (including phenoxy) is 1. The second-order valence-corrected chi connectivity index (χ2v) is 2.73. The standard InChI is InChI=1S/C9H13NO5/c1-3-4-7(11)10-6(9(13)14)5-8(12)15-2/h3,6H,1,4-5H2,2H3,(H,10,11)(H,13,14)/t6-/m0/s1. The largest absolute Gasteiger partial charge is 0.480 e. The van der Waals surface area contributed by atoms with Crippen LogP contribution in [0.2, 0.25) is 0 Å². The van der Waals surface area contributed by atoms with Crippen molar-refractivity contribution in [3.05, 3.63) is 12.7 Å². The number of rotatable bonds is 6. The Bertz CT molecular complexity index is 274. The van der Waals surface area contributed by atoms with E-state index in [0.29, 0.717) is 0 Å². The fourth-order valence-corrected chi connectivity index (χ4v) is 0.834. The molecule has 0 unspecified atom stereocenters. The number of esters is 1. The molecule has 1 atom stereocenters. The Kier molecular flexibility index (Phi) is 5.77. The van der Waals surface area contributed by atoms with Gasteiger partial charge in [0.15, 0.2) is 0 Å². The fraction of sp³-hybridized carbons (Fsp3) is 0.444. The van der Waals surface area contributed by atoms with Gasteiger partial charge in [0.25, 0.3) is 0 Å². The maximum Gasteiger partial charge on any atom is 0.326 e. The van der Waals surface area contributed by atoms with Gasteiger partial charge in [-0.2, -0.15) is 0 Å². The molecular weight excluding hydrogens is 202 g/mol. The Hall–Kier alpha value is -1.85. The van der Waals surface area contributed by atoms with Gasteiger partial charge in [-0.3, -0.25) is 9.59 Å². The molecule has 6 heteroatoms. The molecular formula is C9H13NO5. The van der Waals surface area contributed by atoms with E-state index in [1.807, 2.05) is 0 Å². The van der Waals surface area contributed by atoms with E-state index >= 15 is 0 Å². The third kappa shape index (κ3) is 5.45. The lowest BCUT2D eigenvalue weighted by Crippen LogP contribution is -2.42. The Morgan fingerprint density at radius 2 is 2.13 bits per heavy atom. The van der Waals surface area contributed by atoms with Crippen LogP contribution in [-0.4, -0.2) is 36.1 Å². The van der Waals surface area contributed by atoms with Gasteiger partial charge in [0.05, 0.1) is 13.5 Å². The molecule has 6 nitrogen and oxygen atoms in total. The van der Waals surface area contributed by atoms with Crippen molar-refractivity contribution >= 4 is 17.8 Å². The van der Waals surface area contributed by atoms with Crippen LogP contribution in [0.15, 0.2) is 12.7 Å². The second kappa shape index (κ2) is 6.58. The average Bonchev–Trinajstić information content (AvgIpc) is 2.16. The van der Waals surface area contributed by atoms with Gasteiger partial charge in [0.1, 0.15) is 6.04 Å². The summed E-state index contributed by atoms with van der Waals surface area (Å²) in [6.45, 7) is 3.33. The summed E-state index contributed by atoms with van der Waals surface area (Å²) in [6.07, 6.45) is 0.950. The quantitative estimate of drug-likeness (QED) is 0.468. The van der Waals surface area contributed by atoms with Crippen molar-refractivity contribution in [2.45, 2.75) is 18.9 Å². The molecule has 0 bridgehead atoms. The number of carboxylic acids is 1. The molecule has 0 aliphatic rings. The molecule has 15 heavy (non-hydrogen) atoms. The van der Waals surface area contributed by atoms with Crippen molar-refractivity contribution in [1.82, 2.24) is 5.32 Å². The molecule has 0 aliphatic carbocycles. The van der Waals surface area contributed by atoms with Gasteiger partial charge in [-0.15, -0.1) is 6.58 Å². The lowest BCUT2D eigenvalue weighted by molar-refractivity contribution is -0.148. The number of amides is 1. The highest BCUT2D eigenvalue weighted by Gasteiger charge is 2.22. The monoisotopic (exact) mass is 215 g/mol. The maximum atomic E-state index is 11.0. The van der Waals surface area contributed by atoms with Gasteiger partial charge in [-0.05, 0) is 0 Å². The van der Waals surface area contributed by atoms with Crippen LogP contribution in [0.4, 0.5) is 0 Å². The Morgan fingerprint density at radius 3 is 2.53 bits per heavy atom. The van der Waals surface area contributed by atoms with Gasteiger partial charge in [-0.1, -0.05) is 6.08 Å². The Balaban J connectivity index is 4.28. The van der Waals surface area contributed by atoms with Crippen LogP contribution in [0.5, 0.6) is 0 Å². The van der Waals surface area contributed by atoms with Crippen LogP contribution < -0.4 is 5.32 Å². The topological polar surface area (TPSA) is 92.7 Å². The average molecular weight is 215 g/mol. The first kappa shape index (κ1) is 13.2. The smallest absolute Gasteiger partial charge is 0.326 e. The number of hydrogen-bond donors (Lipinski definition) is 2. The van der Waals surface area contributed by atoms with Crippen LogP contribution in [0, 0.1) is 0 Å². The zero-order valence-electron chi connectivity index (χ0n) is 8.36. The number of carbonyl (C=O) groups excluding carboxylic acids is 2. The van der Waals surface area contributed by atoms with E-state index in [9.17, 15) is 14.4 Å². The third-order valence-electron chi connectivity index (χ3n) is 1.56. The summed E-state index contributed by atoms with van der Waals surface area (Å²) in [5.41, 5.74) is 0. The molecule has 0 saturated heterocycles. The van der Waals surface area contributed by atoms with Gasteiger partial charge >= 0.3 is 11.9 Å². The van der Waals surface area contributed by atoms with E-state index in [1.54, 1.807) is 0 Å². The van der Waals surface area contributed by atoms with Crippen molar-refractivity contribution in [3.8, 4) is 0 Å². The minimum absolute atomic E-state index is 0.00491. The van der Waals surface area contributed by atoms with Crippen molar-refractivity contribution in [3.63, 3.8) is 0 Å². The molecule has 0 aromatic carbocycles. The molecule has 84 valence electrons. The van der Waals surface area contributed by atoms with Crippen LogP contribution in [-0.2, 0) is 19.1 Å². The first-order valence-corrected chi connectivity index (χ1v) is 4.21. The number of carbonyl (C=O) groups is 3. The zero-order chi connectivity index (χ0) is 11.8. The summed E-state index contributed by atoms with van der Waals surface area (Å²) in [5, 5.41) is 10.9. The number of hydrogen-bond acceptors (Lipinski definition) is 4. The molecule has 0 aliphatic heterocycles. The summed E-state index contributed by atoms with van der Waals surface area (Å²) >= 11 is 0. The lowest BCUT2D eigenvalue weighted by atomic mass is 10.2. The van der Waals surface area contributed by atoms with Crippen LogP contribution in [0.25, 0.3) is 0 Å². The van der Waals surface area contributed by atoms with E-state index in [4.69, 9.17) is 5.11 Å². The summed E-state index contributed by atoms with van der Waals surface area (Å²) in [4.78, 5) is 32.5. The molecule has 0 spiro atoms. The Labute approximate surface area is 86.9 Å². The van der Waals surface area contributed by atoms with E-state index < -0.39 is 30.3 Å². The minimum Gasteiger partial charge on any atom is -0.480 e. The normalized spacial score (nSPS) is 11.3. The van der Waals surface area contributed by atoms with Gasteiger partial charge in [0, 0.05) is 6.42 Å². The summed E-state index contributed by atoms with van der Waals surface area (Å²) in [7, 11) is 1.15. The fourth-order valence-electron chi connectivity index (χ4n) is 0.834. The number of aliphatic carboxylic acids is 1. The number of nitrogens with one attached hydrogen (secondary N) is 1. The molecule has 0 aromatic rings. The van der Waals surface area contributed by atoms with Gasteiger partial charge < -0.3 is 15.2 Å². The molecule has 0 radical (unpaired) electrons. The highest BCUT2D eigenvalue weighted by molar-refractivity contribution is 5.87. The molecule has 0 rings (SSSR count). The summed E-state index contributed by atoms with van der Waals surface area (Å²) in [5.74, 6) is -2.47. The van der Waals surface area contributed by atoms with Gasteiger partial charge in [-0.25, -0.2) is 4.79 Å². The number of carboxylic acid groups (broad SMARTS) is 1. The second-order valence-electron chi connectivity index (χ2n) is 2.73. The molecule has 0 heterocycles. The van der Waals surface area contributed by atoms with Crippen LogP contribution in [0.1, 0.15) is 12.8 Å². The van der Waals surface area contributed by atoms with Gasteiger partial charge in [0.2, 0.25) is 5.91 Å². The van der Waals surface area contributed by atoms with Crippen molar-refractivity contribution in [1.29, 1.82) is 0 Å². The first-order chi connectivity index (χ1) is 7.01. The molecule has 1 amide bonds. The van der Waals surface area contributed by atoms with Crippen LogP contribution >= 0.6 is 0 Å². The van der Waals surface area contributed by atoms with E-state index in [1.165, 1.54) is 6.08 Å². The maximum absolute atomic E-state index is 11.0. The van der Waals surface area contributed by atoms with E-state index in [0.717, 1.165) is 7.11 Å². The molecule has 0 saturated carbocycles. The first-order valence-electron chi connectivity index (χ1n) is 4.21. The van der Waals surface area contributed by atoms with Crippen molar-refractivity contribution in [2.75, 3.05) is 7.11 Å².